The fourth-order valence-electron chi connectivity index (χ4n) is 1.65. The number of carbonyl (C=O) groups excluding carboxylic acids is 1. The van der Waals surface area contributed by atoms with Crippen molar-refractivity contribution >= 4 is 34.8 Å². The van der Waals surface area contributed by atoms with Crippen LogP contribution >= 0.6 is 23.2 Å². The van der Waals surface area contributed by atoms with Gasteiger partial charge in [-0.15, -0.1) is 0 Å². The van der Waals surface area contributed by atoms with Gasteiger partial charge in [0.15, 0.2) is 0 Å². The summed E-state index contributed by atoms with van der Waals surface area (Å²) in [6.45, 7) is 3.89. The van der Waals surface area contributed by atoms with Crippen LogP contribution < -0.4 is 11.1 Å². The molecule has 0 heterocycles. The van der Waals surface area contributed by atoms with Gasteiger partial charge in [-0.3, -0.25) is 4.79 Å². The third kappa shape index (κ3) is 4.48. The van der Waals surface area contributed by atoms with E-state index in [1.165, 1.54) is 0 Å². The molecular weight excluding hydrogens is 271 g/mol. The normalized spacial score (nSPS) is 12.3. The number of nitrogens with two attached hydrogens (primary N) is 1. The van der Waals surface area contributed by atoms with Crippen LogP contribution in [0.3, 0.4) is 0 Å². The summed E-state index contributed by atoms with van der Waals surface area (Å²) in [6, 6.07) is 3.27. The van der Waals surface area contributed by atoms with E-state index in [9.17, 15) is 4.79 Å². The van der Waals surface area contributed by atoms with Crippen LogP contribution in [0.2, 0.25) is 10.0 Å². The summed E-state index contributed by atoms with van der Waals surface area (Å²) in [5.41, 5.74) is 7.22. The van der Waals surface area contributed by atoms with Crippen molar-refractivity contribution in [3.05, 3.63) is 27.7 Å². The molecule has 100 valence electrons. The maximum absolute atomic E-state index is 11.8. The average Bonchev–Trinajstić information content (AvgIpc) is 2.26. The molecule has 0 bridgehead atoms. The first-order valence-corrected chi connectivity index (χ1v) is 6.70. The Bertz CT molecular complexity index is 435. The number of halogens is 2. The fourth-order valence-corrected chi connectivity index (χ4v) is 2.08. The summed E-state index contributed by atoms with van der Waals surface area (Å²) < 4.78 is 0. The maximum Gasteiger partial charge on any atom is 0.225 e. The predicted molar refractivity (Wildman–Crippen MR) is 77.3 cm³/mol. The molecule has 0 aliphatic heterocycles. The van der Waals surface area contributed by atoms with E-state index in [4.69, 9.17) is 28.9 Å². The number of rotatable bonds is 5. The lowest BCUT2D eigenvalue weighted by atomic mass is 10.1. The van der Waals surface area contributed by atoms with Gasteiger partial charge in [0.25, 0.3) is 0 Å². The molecule has 3 nitrogen and oxygen atoms in total. The zero-order valence-electron chi connectivity index (χ0n) is 10.6. The summed E-state index contributed by atoms with van der Waals surface area (Å²) in [7, 11) is 0. The molecular formula is C13H18Cl2N2O. The van der Waals surface area contributed by atoms with E-state index in [1.54, 1.807) is 12.1 Å². The zero-order chi connectivity index (χ0) is 13.7. The lowest BCUT2D eigenvalue weighted by Gasteiger charge is -2.12. The standard InChI is InChI=1S/C13H18Cl2N2O/c1-3-4-9(16)6-13(18)17-12-7-10(14)8(2)5-11(12)15/h5,7,9H,3-4,6,16H2,1-2H3,(H,17,18). The Kier molecular flexibility index (Phi) is 5.93. The second-order valence-electron chi connectivity index (χ2n) is 4.38. The Balaban J connectivity index is 2.67. The number of nitrogens with one attached hydrogen (secondary N) is 1. The van der Waals surface area contributed by atoms with Crippen molar-refractivity contribution < 1.29 is 4.79 Å². The average molecular weight is 289 g/mol. The molecule has 0 aliphatic carbocycles. The molecule has 1 atom stereocenters. The highest BCUT2D eigenvalue weighted by atomic mass is 35.5. The van der Waals surface area contributed by atoms with Crippen LogP contribution in [-0.4, -0.2) is 11.9 Å². The van der Waals surface area contributed by atoms with Crippen LogP contribution in [0.25, 0.3) is 0 Å². The molecule has 0 radical (unpaired) electrons. The van der Waals surface area contributed by atoms with E-state index in [-0.39, 0.29) is 18.4 Å². The van der Waals surface area contributed by atoms with Crippen LogP contribution in [0.4, 0.5) is 5.69 Å². The van der Waals surface area contributed by atoms with Gasteiger partial charge in [-0.05, 0) is 31.0 Å². The topological polar surface area (TPSA) is 55.1 Å². The minimum absolute atomic E-state index is 0.116. The van der Waals surface area contributed by atoms with Crippen molar-refractivity contribution in [2.75, 3.05) is 5.32 Å². The summed E-state index contributed by atoms with van der Waals surface area (Å²) in [5.74, 6) is -0.141. The van der Waals surface area contributed by atoms with Crippen LogP contribution in [-0.2, 0) is 4.79 Å². The molecule has 1 rings (SSSR count). The lowest BCUT2D eigenvalue weighted by Crippen LogP contribution is -2.26. The maximum atomic E-state index is 11.8. The second-order valence-corrected chi connectivity index (χ2v) is 5.20. The van der Waals surface area contributed by atoms with Crippen LogP contribution in [0, 0.1) is 6.92 Å². The summed E-state index contributed by atoms with van der Waals surface area (Å²) in [5, 5.41) is 3.79. The summed E-state index contributed by atoms with van der Waals surface area (Å²) in [4.78, 5) is 11.8. The second kappa shape index (κ2) is 6.98. The van der Waals surface area contributed by atoms with E-state index in [0.29, 0.717) is 15.7 Å². The molecule has 1 amide bonds. The van der Waals surface area contributed by atoms with Crippen LogP contribution in [0.1, 0.15) is 31.7 Å². The molecule has 0 fully saturated rings. The van der Waals surface area contributed by atoms with Gasteiger partial charge >= 0.3 is 0 Å². The Morgan fingerprint density at radius 1 is 1.39 bits per heavy atom. The van der Waals surface area contributed by atoms with Crippen molar-refractivity contribution in [3.63, 3.8) is 0 Å². The molecule has 1 aromatic rings. The molecule has 0 aromatic heterocycles. The molecule has 0 spiro atoms. The van der Waals surface area contributed by atoms with Crippen molar-refractivity contribution in [2.45, 2.75) is 39.2 Å². The first-order valence-electron chi connectivity index (χ1n) is 5.95. The van der Waals surface area contributed by atoms with Gasteiger partial charge in [0, 0.05) is 17.5 Å². The SMILES string of the molecule is CCCC(N)CC(=O)Nc1cc(Cl)c(C)cc1Cl. The van der Waals surface area contributed by atoms with E-state index >= 15 is 0 Å². The van der Waals surface area contributed by atoms with E-state index in [1.807, 2.05) is 13.8 Å². The van der Waals surface area contributed by atoms with Gasteiger partial charge in [-0.1, -0.05) is 36.5 Å². The molecule has 3 N–H and O–H groups in total. The van der Waals surface area contributed by atoms with E-state index < -0.39 is 0 Å². The smallest absolute Gasteiger partial charge is 0.225 e. The number of benzene rings is 1. The Labute approximate surface area is 118 Å². The molecule has 0 aliphatic rings. The molecule has 1 aromatic carbocycles. The first kappa shape index (κ1) is 15.3. The molecule has 5 heteroatoms. The molecule has 0 saturated carbocycles. The van der Waals surface area contributed by atoms with Crippen molar-refractivity contribution in [3.8, 4) is 0 Å². The molecule has 18 heavy (non-hydrogen) atoms. The number of hydrogen-bond acceptors (Lipinski definition) is 2. The number of amides is 1. The monoisotopic (exact) mass is 288 g/mol. The first-order chi connectivity index (χ1) is 8.43. The third-order valence-corrected chi connectivity index (χ3v) is 3.35. The molecule has 1 unspecified atom stereocenters. The van der Waals surface area contributed by atoms with Crippen molar-refractivity contribution in [2.24, 2.45) is 5.73 Å². The largest absolute Gasteiger partial charge is 0.327 e. The Hall–Kier alpha value is -0.770. The Morgan fingerprint density at radius 2 is 2.06 bits per heavy atom. The highest BCUT2D eigenvalue weighted by Crippen LogP contribution is 2.28. The van der Waals surface area contributed by atoms with Crippen LogP contribution in [0.15, 0.2) is 12.1 Å². The van der Waals surface area contributed by atoms with E-state index in [0.717, 1.165) is 18.4 Å². The summed E-state index contributed by atoms with van der Waals surface area (Å²) >= 11 is 12.0. The highest BCUT2D eigenvalue weighted by molar-refractivity contribution is 6.36. The quantitative estimate of drug-likeness (QED) is 0.867. The minimum atomic E-state index is -0.141. The third-order valence-electron chi connectivity index (χ3n) is 2.63. The highest BCUT2D eigenvalue weighted by Gasteiger charge is 2.11. The number of anilines is 1. The van der Waals surface area contributed by atoms with Gasteiger partial charge in [-0.25, -0.2) is 0 Å². The van der Waals surface area contributed by atoms with Crippen LogP contribution in [0.5, 0.6) is 0 Å². The van der Waals surface area contributed by atoms with E-state index in [2.05, 4.69) is 5.32 Å². The fraction of sp³-hybridized carbons (Fsp3) is 0.462. The van der Waals surface area contributed by atoms with Crippen molar-refractivity contribution in [1.82, 2.24) is 0 Å². The number of carbonyl (C=O) groups is 1. The van der Waals surface area contributed by atoms with Gasteiger partial charge in [0.05, 0.1) is 10.7 Å². The van der Waals surface area contributed by atoms with Gasteiger partial charge in [0.2, 0.25) is 5.91 Å². The van der Waals surface area contributed by atoms with Crippen molar-refractivity contribution in [1.29, 1.82) is 0 Å². The van der Waals surface area contributed by atoms with Gasteiger partial charge in [0.1, 0.15) is 0 Å². The lowest BCUT2D eigenvalue weighted by molar-refractivity contribution is -0.116. The summed E-state index contributed by atoms with van der Waals surface area (Å²) in [6.07, 6.45) is 2.08. The number of aryl methyl sites for hydroxylation is 1. The number of hydrogen-bond donors (Lipinski definition) is 2. The predicted octanol–water partition coefficient (Wildman–Crippen LogP) is 3.76. The van der Waals surface area contributed by atoms with Gasteiger partial charge < -0.3 is 11.1 Å². The zero-order valence-corrected chi connectivity index (χ0v) is 12.1. The van der Waals surface area contributed by atoms with Gasteiger partial charge in [-0.2, -0.15) is 0 Å². The molecule has 0 saturated heterocycles. The minimum Gasteiger partial charge on any atom is -0.327 e. The Morgan fingerprint density at radius 3 is 2.67 bits per heavy atom.